The number of methoxy groups -OCH3 is 1. The standard InChI is InChI=1S/C16H27NO2/c1-12(2)17(11-14(4)18)10-13(3)15-6-8-16(19-5)9-7-15/h6-9,12-14,18H,10-11H2,1-5H3. The van der Waals surface area contributed by atoms with Gasteiger partial charge in [-0.25, -0.2) is 0 Å². The molecule has 3 heteroatoms. The highest BCUT2D eigenvalue weighted by molar-refractivity contribution is 5.29. The summed E-state index contributed by atoms with van der Waals surface area (Å²) in [4.78, 5) is 2.32. The first-order chi connectivity index (χ1) is 8.93. The van der Waals surface area contributed by atoms with Gasteiger partial charge in [-0.15, -0.1) is 0 Å². The first-order valence-corrected chi connectivity index (χ1v) is 7.00. The summed E-state index contributed by atoms with van der Waals surface area (Å²) in [5, 5.41) is 9.57. The molecule has 0 aliphatic carbocycles. The van der Waals surface area contributed by atoms with Crippen LogP contribution in [-0.2, 0) is 0 Å². The lowest BCUT2D eigenvalue weighted by Crippen LogP contribution is -2.39. The van der Waals surface area contributed by atoms with Crippen LogP contribution in [0.2, 0.25) is 0 Å². The summed E-state index contributed by atoms with van der Waals surface area (Å²) in [5.74, 6) is 1.33. The molecule has 0 saturated heterocycles. The summed E-state index contributed by atoms with van der Waals surface area (Å²) in [7, 11) is 1.68. The van der Waals surface area contributed by atoms with E-state index in [0.29, 0.717) is 12.0 Å². The fraction of sp³-hybridized carbons (Fsp3) is 0.625. The molecule has 1 rings (SSSR count). The van der Waals surface area contributed by atoms with Crippen molar-refractivity contribution in [3.63, 3.8) is 0 Å². The van der Waals surface area contributed by atoms with Gasteiger partial charge >= 0.3 is 0 Å². The third-order valence-corrected chi connectivity index (χ3v) is 3.42. The Labute approximate surface area is 117 Å². The van der Waals surface area contributed by atoms with Crippen LogP contribution in [0.4, 0.5) is 0 Å². The Morgan fingerprint density at radius 3 is 2.05 bits per heavy atom. The van der Waals surface area contributed by atoms with Crippen molar-refractivity contribution in [2.45, 2.75) is 45.8 Å². The van der Waals surface area contributed by atoms with Gasteiger partial charge in [0.15, 0.2) is 0 Å². The van der Waals surface area contributed by atoms with Crippen LogP contribution in [0.1, 0.15) is 39.2 Å². The molecule has 0 radical (unpaired) electrons. The van der Waals surface area contributed by atoms with E-state index < -0.39 is 0 Å². The molecule has 0 heterocycles. The highest BCUT2D eigenvalue weighted by Crippen LogP contribution is 2.21. The molecular formula is C16H27NO2. The predicted octanol–water partition coefficient (Wildman–Crippen LogP) is 2.89. The van der Waals surface area contributed by atoms with E-state index in [-0.39, 0.29) is 6.10 Å². The molecule has 0 amide bonds. The molecule has 1 N–H and O–H groups in total. The number of hydrogen-bond acceptors (Lipinski definition) is 3. The number of hydrogen-bond donors (Lipinski definition) is 1. The zero-order chi connectivity index (χ0) is 14.4. The van der Waals surface area contributed by atoms with Gasteiger partial charge in [0.25, 0.3) is 0 Å². The predicted molar refractivity (Wildman–Crippen MR) is 79.8 cm³/mol. The molecule has 0 saturated carbocycles. The molecule has 2 atom stereocenters. The van der Waals surface area contributed by atoms with Crippen molar-refractivity contribution in [1.82, 2.24) is 4.90 Å². The number of nitrogens with zero attached hydrogens (tertiary/aromatic N) is 1. The van der Waals surface area contributed by atoms with Crippen LogP contribution < -0.4 is 4.74 Å². The summed E-state index contributed by atoms with van der Waals surface area (Å²) in [6.45, 7) is 10.1. The second-order valence-corrected chi connectivity index (χ2v) is 5.57. The maximum absolute atomic E-state index is 9.57. The van der Waals surface area contributed by atoms with Crippen molar-refractivity contribution >= 4 is 0 Å². The van der Waals surface area contributed by atoms with Crippen LogP contribution in [-0.4, -0.2) is 42.4 Å². The Hall–Kier alpha value is -1.06. The van der Waals surface area contributed by atoms with E-state index in [1.54, 1.807) is 7.11 Å². The number of aliphatic hydroxyl groups excluding tert-OH is 1. The molecule has 0 aliphatic heterocycles. The summed E-state index contributed by atoms with van der Waals surface area (Å²) >= 11 is 0. The van der Waals surface area contributed by atoms with Crippen LogP contribution in [0, 0.1) is 0 Å². The first-order valence-electron chi connectivity index (χ1n) is 7.00. The molecular weight excluding hydrogens is 238 g/mol. The molecule has 0 aromatic heterocycles. The monoisotopic (exact) mass is 265 g/mol. The van der Waals surface area contributed by atoms with Gasteiger partial charge < -0.3 is 9.84 Å². The fourth-order valence-electron chi connectivity index (χ4n) is 2.23. The Morgan fingerprint density at radius 2 is 1.63 bits per heavy atom. The van der Waals surface area contributed by atoms with Crippen LogP contribution in [0.3, 0.4) is 0 Å². The molecule has 0 bridgehead atoms. The lowest BCUT2D eigenvalue weighted by molar-refractivity contribution is 0.104. The van der Waals surface area contributed by atoms with Gasteiger partial charge in [-0.3, -0.25) is 4.90 Å². The Bertz CT molecular complexity index is 360. The number of ether oxygens (including phenoxy) is 1. The largest absolute Gasteiger partial charge is 0.497 e. The van der Waals surface area contributed by atoms with Gasteiger partial charge in [0, 0.05) is 19.1 Å². The Morgan fingerprint density at radius 1 is 1.05 bits per heavy atom. The van der Waals surface area contributed by atoms with Crippen molar-refractivity contribution in [1.29, 1.82) is 0 Å². The van der Waals surface area contributed by atoms with Gasteiger partial charge in [-0.2, -0.15) is 0 Å². The third kappa shape index (κ3) is 5.21. The molecule has 108 valence electrons. The normalized spacial score (nSPS) is 14.7. The zero-order valence-corrected chi connectivity index (χ0v) is 12.8. The number of rotatable bonds is 7. The molecule has 19 heavy (non-hydrogen) atoms. The van der Waals surface area contributed by atoms with Crippen molar-refractivity contribution in [2.24, 2.45) is 0 Å². The molecule has 1 aromatic rings. The summed E-state index contributed by atoms with van der Waals surface area (Å²) < 4.78 is 5.18. The van der Waals surface area contributed by atoms with E-state index in [0.717, 1.165) is 18.8 Å². The van der Waals surface area contributed by atoms with E-state index in [2.05, 4.69) is 37.8 Å². The van der Waals surface area contributed by atoms with Gasteiger partial charge in [0.2, 0.25) is 0 Å². The summed E-state index contributed by atoms with van der Waals surface area (Å²) in [5.41, 5.74) is 1.30. The molecule has 0 spiro atoms. The average molecular weight is 265 g/mol. The lowest BCUT2D eigenvalue weighted by atomic mass is 10.00. The quantitative estimate of drug-likeness (QED) is 0.823. The summed E-state index contributed by atoms with van der Waals surface area (Å²) in [6, 6.07) is 8.67. The first kappa shape index (κ1) is 16.0. The van der Waals surface area contributed by atoms with Crippen LogP contribution in [0.15, 0.2) is 24.3 Å². The highest BCUT2D eigenvalue weighted by atomic mass is 16.5. The van der Waals surface area contributed by atoms with Crippen molar-refractivity contribution in [3.8, 4) is 5.75 Å². The number of benzene rings is 1. The Balaban J connectivity index is 2.66. The van der Waals surface area contributed by atoms with Gasteiger partial charge in [0.1, 0.15) is 5.75 Å². The Kier molecular flexibility index (Phi) is 6.32. The highest BCUT2D eigenvalue weighted by Gasteiger charge is 2.16. The van der Waals surface area contributed by atoms with Crippen molar-refractivity contribution < 1.29 is 9.84 Å². The van der Waals surface area contributed by atoms with Crippen LogP contribution in [0.5, 0.6) is 5.75 Å². The maximum Gasteiger partial charge on any atom is 0.118 e. The molecule has 3 nitrogen and oxygen atoms in total. The second-order valence-electron chi connectivity index (χ2n) is 5.57. The van der Waals surface area contributed by atoms with E-state index in [1.165, 1.54) is 5.56 Å². The molecule has 0 aliphatic rings. The molecule has 0 fully saturated rings. The van der Waals surface area contributed by atoms with Gasteiger partial charge in [0.05, 0.1) is 13.2 Å². The van der Waals surface area contributed by atoms with Crippen molar-refractivity contribution in [2.75, 3.05) is 20.2 Å². The summed E-state index contributed by atoms with van der Waals surface area (Å²) in [6.07, 6.45) is -0.287. The minimum Gasteiger partial charge on any atom is -0.497 e. The third-order valence-electron chi connectivity index (χ3n) is 3.42. The molecule has 2 unspecified atom stereocenters. The number of aliphatic hydroxyl groups is 1. The average Bonchev–Trinajstić information content (AvgIpc) is 2.37. The lowest BCUT2D eigenvalue weighted by Gasteiger charge is -2.30. The second kappa shape index (κ2) is 7.51. The molecule has 1 aromatic carbocycles. The van der Waals surface area contributed by atoms with Crippen LogP contribution >= 0.6 is 0 Å². The van der Waals surface area contributed by atoms with Crippen LogP contribution in [0.25, 0.3) is 0 Å². The SMILES string of the molecule is COc1ccc(C(C)CN(CC(C)O)C(C)C)cc1. The fourth-order valence-corrected chi connectivity index (χ4v) is 2.23. The topological polar surface area (TPSA) is 32.7 Å². The smallest absolute Gasteiger partial charge is 0.118 e. The zero-order valence-electron chi connectivity index (χ0n) is 12.8. The maximum atomic E-state index is 9.57. The van der Waals surface area contributed by atoms with E-state index in [1.807, 2.05) is 19.1 Å². The minimum absolute atomic E-state index is 0.287. The van der Waals surface area contributed by atoms with E-state index in [9.17, 15) is 5.11 Å². The minimum atomic E-state index is -0.287. The van der Waals surface area contributed by atoms with Gasteiger partial charge in [-0.05, 0) is 44.4 Å². The van der Waals surface area contributed by atoms with E-state index in [4.69, 9.17) is 4.74 Å². The van der Waals surface area contributed by atoms with Crippen molar-refractivity contribution in [3.05, 3.63) is 29.8 Å². The van der Waals surface area contributed by atoms with Gasteiger partial charge in [-0.1, -0.05) is 19.1 Å². The van der Waals surface area contributed by atoms with E-state index >= 15 is 0 Å².